The van der Waals surface area contributed by atoms with Gasteiger partial charge in [-0.3, -0.25) is 14.5 Å². The van der Waals surface area contributed by atoms with Crippen molar-refractivity contribution < 1.29 is 35.9 Å². The quantitative estimate of drug-likeness (QED) is 0.247. The Labute approximate surface area is 182 Å². The Morgan fingerprint density at radius 2 is 1.42 bits per heavy atom. The molecule has 0 unspecified atom stereocenters. The highest BCUT2D eigenvalue weighted by Crippen LogP contribution is 2.37. The maximum atomic E-state index is 13.3. The third-order valence-corrected chi connectivity index (χ3v) is 4.38. The molecule has 0 saturated carbocycles. The number of halogens is 6. The Hall–Kier alpha value is -4.09. The minimum Gasteiger partial charge on any atom is -0.365 e. The number of alkyl halides is 6. The van der Waals surface area contributed by atoms with Crippen molar-refractivity contribution in [1.82, 2.24) is 9.97 Å². The lowest BCUT2D eigenvalue weighted by atomic mass is 10.1. The Bertz CT molecular complexity index is 1140. The SMILES string of the molecule is NC(=O)C(=Cc1cnc[nH]1)C(=O)N(c1cccc(C(F)(F)F)c1)c1cccc(C(F)(F)F)c1. The molecular formula is C21H14F6N4O2. The van der Waals surface area contributed by atoms with E-state index in [1.807, 2.05) is 0 Å². The summed E-state index contributed by atoms with van der Waals surface area (Å²) in [6, 6.07) is 6.75. The van der Waals surface area contributed by atoms with Crippen LogP contribution in [-0.4, -0.2) is 21.8 Å². The number of imidazole rings is 1. The summed E-state index contributed by atoms with van der Waals surface area (Å²) in [4.78, 5) is 32.1. The summed E-state index contributed by atoms with van der Waals surface area (Å²) in [5, 5.41) is 0. The van der Waals surface area contributed by atoms with Crippen molar-refractivity contribution in [2.24, 2.45) is 5.73 Å². The molecule has 0 fully saturated rings. The number of nitrogens with one attached hydrogen (secondary N) is 1. The number of anilines is 2. The van der Waals surface area contributed by atoms with E-state index in [4.69, 9.17) is 5.73 Å². The minimum atomic E-state index is -4.79. The minimum absolute atomic E-state index is 0.158. The molecule has 0 atom stereocenters. The molecule has 1 aromatic heterocycles. The molecule has 12 heteroatoms. The molecule has 3 aromatic rings. The van der Waals surface area contributed by atoms with Crippen molar-refractivity contribution in [3.8, 4) is 0 Å². The van der Waals surface area contributed by atoms with Crippen LogP contribution in [-0.2, 0) is 21.9 Å². The van der Waals surface area contributed by atoms with E-state index in [0.717, 1.165) is 42.5 Å². The van der Waals surface area contributed by atoms with Gasteiger partial charge in [-0.2, -0.15) is 26.3 Å². The van der Waals surface area contributed by atoms with Gasteiger partial charge in [-0.25, -0.2) is 4.98 Å². The number of aromatic amines is 1. The Morgan fingerprint density at radius 3 is 1.82 bits per heavy atom. The predicted molar refractivity (Wildman–Crippen MR) is 106 cm³/mol. The molecule has 0 bridgehead atoms. The van der Waals surface area contributed by atoms with Gasteiger partial charge in [0.15, 0.2) is 0 Å². The molecule has 0 aliphatic carbocycles. The lowest BCUT2D eigenvalue weighted by molar-refractivity contribution is -0.138. The highest BCUT2D eigenvalue weighted by atomic mass is 19.4. The molecule has 3 N–H and O–H groups in total. The first-order chi connectivity index (χ1) is 15.4. The first-order valence-electron chi connectivity index (χ1n) is 9.07. The number of carbonyl (C=O) groups is 2. The number of primary amides is 1. The van der Waals surface area contributed by atoms with Crippen LogP contribution in [0.2, 0.25) is 0 Å². The third-order valence-electron chi connectivity index (χ3n) is 4.38. The van der Waals surface area contributed by atoms with Crippen LogP contribution >= 0.6 is 0 Å². The Balaban J connectivity index is 2.22. The van der Waals surface area contributed by atoms with Crippen LogP contribution in [0.15, 0.2) is 66.6 Å². The molecule has 172 valence electrons. The van der Waals surface area contributed by atoms with Crippen LogP contribution in [0.5, 0.6) is 0 Å². The molecule has 0 radical (unpaired) electrons. The Kier molecular flexibility index (Phi) is 6.29. The summed E-state index contributed by atoms with van der Waals surface area (Å²) in [7, 11) is 0. The second kappa shape index (κ2) is 8.81. The number of nitrogens with two attached hydrogens (primary N) is 1. The van der Waals surface area contributed by atoms with Gasteiger partial charge < -0.3 is 10.7 Å². The van der Waals surface area contributed by atoms with Crippen LogP contribution in [0.3, 0.4) is 0 Å². The van der Waals surface area contributed by atoms with E-state index in [0.29, 0.717) is 17.0 Å². The first kappa shape index (κ1) is 23.6. The van der Waals surface area contributed by atoms with E-state index < -0.39 is 52.2 Å². The largest absolute Gasteiger partial charge is 0.416 e. The number of aromatic nitrogens is 2. The second-order valence-electron chi connectivity index (χ2n) is 6.67. The van der Waals surface area contributed by atoms with Crippen LogP contribution in [0.4, 0.5) is 37.7 Å². The van der Waals surface area contributed by atoms with Crippen molar-refractivity contribution in [3.05, 3.63) is 83.4 Å². The van der Waals surface area contributed by atoms with Gasteiger partial charge in [-0.1, -0.05) is 12.1 Å². The topological polar surface area (TPSA) is 92.1 Å². The molecule has 3 rings (SSSR count). The summed E-state index contributed by atoms with van der Waals surface area (Å²) >= 11 is 0. The summed E-state index contributed by atoms with van der Waals surface area (Å²) in [5.41, 5.74) is 1.60. The number of carbonyl (C=O) groups excluding carboxylic acids is 2. The number of hydrogen-bond acceptors (Lipinski definition) is 3. The van der Waals surface area contributed by atoms with Crippen LogP contribution in [0.1, 0.15) is 16.8 Å². The summed E-state index contributed by atoms with van der Waals surface area (Å²) in [6.07, 6.45) is -6.14. The van der Waals surface area contributed by atoms with Crippen molar-refractivity contribution >= 4 is 29.3 Å². The van der Waals surface area contributed by atoms with Gasteiger partial charge >= 0.3 is 12.4 Å². The predicted octanol–water partition coefficient (Wildman–Crippen LogP) is 4.68. The average molecular weight is 468 g/mol. The van der Waals surface area contributed by atoms with Crippen molar-refractivity contribution in [3.63, 3.8) is 0 Å². The van der Waals surface area contributed by atoms with Gasteiger partial charge in [0.2, 0.25) is 0 Å². The maximum absolute atomic E-state index is 13.3. The number of nitrogens with zero attached hydrogens (tertiary/aromatic N) is 2. The number of amides is 2. The highest BCUT2D eigenvalue weighted by Gasteiger charge is 2.34. The summed E-state index contributed by atoms with van der Waals surface area (Å²) < 4.78 is 79.5. The van der Waals surface area contributed by atoms with E-state index in [1.165, 1.54) is 12.5 Å². The van der Waals surface area contributed by atoms with Crippen molar-refractivity contribution in [2.45, 2.75) is 12.4 Å². The fourth-order valence-electron chi connectivity index (χ4n) is 2.89. The molecule has 1 heterocycles. The van der Waals surface area contributed by atoms with Gasteiger partial charge in [0.1, 0.15) is 5.57 Å². The monoisotopic (exact) mass is 468 g/mol. The van der Waals surface area contributed by atoms with E-state index in [9.17, 15) is 35.9 Å². The second-order valence-corrected chi connectivity index (χ2v) is 6.67. The zero-order valence-corrected chi connectivity index (χ0v) is 16.4. The fourth-order valence-corrected chi connectivity index (χ4v) is 2.89. The van der Waals surface area contributed by atoms with Crippen molar-refractivity contribution in [1.29, 1.82) is 0 Å². The molecule has 2 aromatic carbocycles. The summed E-state index contributed by atoms with van der Waals surface area (Å²) in [6.45, 7) is 0. The third kappa shape index (κ3) is 5.40. The fraction of sp³-hybridized carbons (Fsp3) is 0.0952. The lowest BCUT2D eigenvalue weighted by Gasteiger charge is -2.25. The van der Waals surface area contributed by atoms with Crippen molar-refractivity contribution in [2.75, 3.05) is 4.90 Å². The standard InChI is InChI=1S/C21H14F6N4O2/c22-20(23,24)12-3-1-5-15(7-12)31(16-6-2-4-13(8-16)21(25,26)27)19(33)17(18(28)32)9-14-10-29-11-30-14/h1-11H,(H2,28,32)(H,29,30). The van der Waals surface area contributed by atoms with Gasteiger partial charge in [0.25, 0.3) is 11.8 Å². The maximum Gasteiger partial charge on any atom is 0.416 e. The molecule has 6 nitrogen and oxygen atoms in total. The van der Waals surface area contributed by atoms with Crippen LogP contribution in [0, 0.1) is 0 Å². The zero-order valence-electron chi connectivity index (χ0n) is 16.4. The molecule has 33 heavy (non-hydrogen) atoms. The van der Waals surface area contributed by atoms with E-state index in [-0.39, 0.29) is 5.69 Å². The number of rotatable bonds is 5. The van der Waals surface area contributed by atoms with Gasteiger partial charge in [0, 0.05) is 11.4 Å². The summed E-state index contributed by atoms with van der Waals surface area (Å²) in [5.74, 6) is -2.49. The molecule has 2 amide bonds. The van der Waals surface area contributed by atoms with E-state index in [2.05, 4.69) is 9.97 Å². The number of hydrogen-bond donors (Lipinski definition) is 2. The normalized spacial score (nSPS) is 12.5. The number of H-pyrrole nitrogens is 1. The van der Waals surface area contributed by atoms with Gasteiger partial charge in [-0.05, 0) is 42.5 Å². The van der Waals surface area contributed by atoms with Gasteiger partial charge in [0.05, 0.1) is 29.3 Å². The molecule has 0 aliphatic rings. The smallest absolute Gasteiger partial charge is 0.365 e. The van der Waals surface area contributed by atoms with Crippen LogP contribution in [0.25, 0.3) is 6.08 Å². The van der Waals surface area contributed by atoms with E-state index in [1.54, 1.807) is 0 Å². The lowest BCUT2D eigenvalue weighted by Crippen LogP contribution is -2.33. The average Bonchev–Trinajstić information content (AvgIpc) is 3.24. The first-order valence-corrected chi connectivity index (χ1v) is 9.07. The van der Waals surface area contributed by atoms with E-state index >= 15 is 0 Å². The van der Waals surface area contributed by atoms with Gasteiger partial charge in [-0.15, -0.1) is 0 Å². The van der Waals surface area contributed by atoms with Crippen LogP contribution < -0.4 is 10.6 Å². The molecule has 0 saturated heterocycles. The molecule has 0 aliphatic heterocycles. The zero-order chi connectivity index (χ0) is 24.4. The number of benzene rings is 2. The Morgan fingerprint density at radius 1 is 0.909 bits per heavy atom. The molecule has 0 spiro atoms. The molecular weight excluding hydrogens is 454 g/mol. The highest BCUT2D eigenvalue weighted by molar-refractivity contribution is 6.27.